The monoisotopic (exact) mass is 314 g/mol. The molecule has 0 spiro atoms. The smallest absolute Gasteiger partial charge is 0.220 e. The van der Waals surface area contributed by atoms with E-state index in [2.05, 4.69) is 19.8 Å². The average Bonchev–Trinajstić information content (AvgIpc) is 3.02. The van der Waals surface area contributed by atoms with Crippen LogP contribution in [-0.2, 0) is 17.9 Å². The van der Waals surface area contributed by atoms with E-state index in [1.54, 1.807) is 12.5 Å². The van der Waals surface area contributed by atoms with Crippen molar-refractivity contribution in [2.75, 3.05) is 13.1 Å². The Hall–Kier alpha value is -2.08. The van der Waals surface area contributed by atoms with E-state index in [0.717, 1.165) is 19.6 Å². The van der Waals surface area contributed by atoms with Gasteiger partial charge >= 0.3 is 0 Å². The minimum absolute atomic E-state index is 0.182. The number of hydrogen-bond acceptors (Lipinski definition) is 4. The molecule has 0 aromatic carbocycles. The topological polar surface area (TPSA) is 63.3 Å². The number of carbonyl (C=O) groups excluding carboxylic acids is 1. The Balaban J connectivity index is 1.39. The van der Waals surface area contributed by atoms with Gasteiger partial charge in [-0.3, -0.25) is 9.69 Å². The van der Waals surface area contributed by atoms with Crippen molar-refractivity contribution in [3.8, 4) is 0 Å². The van der Waals surface area contributed by atoms with Crippen molar-refractivity contribution in [3.05, 3.63) is 42.4 Å². The molecule has 2 aromatic heterocycles. The Morgan fingerprint density at radius 3 is 3.13 bits per heavy atom. The van der Waals surface area contributed by atoms with Gasteiger partial charge < -0.3 is 14.3 Å². The highest BCUT2D eigenvalue weighted by molar-refractivity contribution is 5.76. The summed E-state index contributed by atoms with van der Waals surface area (Å²) in [5.74, 6) is 0.809. The Morgan fingerprint density at radius 1 is 1.43 bits per heavy atom. The third-order valence-electron chi connectivity index (χ3n) is 4.69. The Labute approximate surface area is 135 Å². The predicted octanol–water partition coefficient (Wildman–Crippen LogP) is 1.95. The second-order valence-electron chi connectivity index (χ2n) is 6.70. The van der Waals surface area contributed by atoms with Gasteiger partial charge in [0.1, 0.15) is 0 Å². The second-order valence-corrected chi connectivity index (χ2v) is 6.70. The van der Waals surface area contributed by atoms with Gasteiger partial charge in [-0.2, -0.15) is 0 Å². The Kier molecular flexibility index (Phi) is 3.91. The molecule has 1 saturated carbocycles. The van der Waals surface area contributed by atoms with Crippen LogP contribution >= 0.6 is 0 Å². The number of hydrogen-bond donors (Lipinski definition) is 1. The van der Waals surface area contributed by atoms with Gasteiger partial charge in [-0.1, -0.05) is 0 Å². The van der Waals surface area contributed by atoms with Crippen molar-refractivity contribution in [2.45, 2.75) is 38.4 Å². The molecule has 2 aromatic rings. The highest BCUT2D eigenvalue weighted by Crippen LogP contribution is 2.32. The van der Waals surface area contributed by atoms with Crippen molar-refractivity contribution in [3.63, 3.8) is 0 Å². The summed E-state index contributed by atoms with van der Waals surface area (Å²) in [6.45, 7) is 3.29. The van der Waals surface area contributed by atoms with Crippen LogP contribution in [-0.4, -0.2) is 33.4 Å². The first-order valence-electron chi connectivity index (χ1n) is 8.29. The number of nitrogens with one attached hydrogen (secondary N) is 1. The molecule has 0 bridgehead atoms. The van der Waals surface area contributed by atoms with Crippen molar-refractivity contribution in [1.29, 1.82) is 0 Å². The maximum atomic E-state index is 12.0. The number of amides is 1. The summed E-state index contributed by atoms with van der Waals surface area (Å²) in [6.07, 6.45) is 10.4. The minimum atomic E-state index is 0.182. The fourth-order valence-corrected chi connectivity index (χ4v) is 3.28. The van der Waals surface area contributed by atoms with E-state index in [9.17, 15) is 4.79 Å². The molecule has 6 nitrogen and oxygen atoms in total. The zero-order valence-corrected chi connectivity index (χ0v) is 13.1. The molecule has 0 radical (unpaired) electrons. The Morgan fingerprint density at radius 2 is 2.35 bits per heavy atom. The van der Waals surface area contributed by atoms with Crippen molar-refractivity contribution < 1.29 is 9.21 Å². The molecule has 2 aliphatic rings. The summed E-state index contributed by atoms with van der Waals surface area (Å²) in [6, 6.07) is 2.23. The molecule has 122 valence electrons. The van der Waals surface area contributed by atoms with Crippen molar-refractivity contribution in [2.24, 2.45) is 5.92 Å². The molecule has 1 aliphatic carbocycles. The Bertz CT molecular complexity index is 660. The highest BCUT2D eigenvalue weighted by Gasteiger charge is 2.27. The third kappa shape index (κ3) is 3.47. The molecule has 1 fully saturated rings. The van der Waals surface area contributed by atoms with E-state index in [-0.39, 0.29) is 11.9 Å². The molecule has 6 heteroatoms. The maximum absolute atomic E-state index is 12.0. The highest BCUT2D eigenvalue weighted by atomic mass is 16.3. The average molecular weight is 314 g/mol. The molecule has 0 unspecified atom stereocenters. The number of aromatic nitrogens is 2. The number of furan rings is 1. The molecular formula is C17H22N4O2. The normalized spacial score (nSPS) is 21.1. The molecule has 1 aliphatic heterocycles. The summed E-state index contributed by atoms with van der Waals surface area (Å²) in [5, 5.41) is 3.10. The first-order valence-corrected chi connectivity index (χ1v) is 8.29. The standard InChI is InChI=1S/C17H22N4O2/c22-17(5-13-1-2-13)19-7-16-10-20(8-14-3-4-23-11-14)9-15-6-18-12-21(15)16/h3-4,6,11-13,16H,1-2,5,7-10H2,(H,19,22)/t16-/m1/s1. The van der Waals surface area contributed by atoms with Crippen molar-refractivity contribution >= 4 is 5.91 Å². The van der Waals surface area contributed by atoms with Gasteiger partial charge in [0.15, 0.2) is 0 Å². The van der Waals surface area contributed by atoms with Crippen LogP contribution < -0.4 is 5.32 Å². The minimum Gasteiger partial charge on any atom is -0.472 e. The van der Waals surface area contributed by atoms with Gasteiger partial charge in [-0.25, -0.2) is 4.98 Å². The fraction of sp³-hybridized carbons (Fsp3) is 0.529. The van der Waals surface area contributed by atoms with Gasteiger partial charge in [-0.15, -0.1) is 0 Å². The SMILES string of the molecule is O=C(CC1CC1)NC[C@@H]1CN(Cc2ccoc2)Cc2cncn21. The number of imidazole rings is 1. The van der Waals surface area contributed by atoms with E-state index >= 15 is 0 Å². The van der Waals surface area contributed by atoms with E-state index < -0.39 is 0 Å². The lowest BCUT2D eigenvalue weighted by atomic mass is 10.1. The van der Waals surface area contributed by atoms with Crippen LogP contribution in [0.15, 0.2) is 35.5 Å². The lowest BCUT2D eigenvalue weighted by molar-refractivity contribution is -0.121. The summed E-state index contributed by atoms with van der Waals surface area (Å²) >= 11 is 0. The zero-order valence-electron chi connectivity index (χ0n) is 13.1. The summed E-state index contributed by atoms with van der Waals surface area (Å²) in [5.41, 5.74) is 2.37. The molecule has 0 saturated heterocycles. The van der Waals surface area contributed by atoms with Crippen LogP contribution in [0.5, 0.6) is 0 Å². The van der Waals surface area contributed by atoms with Crippen LogP contribution in [0.3, 0.4) is 0 Å². The van der Waals surface area contributed by atoms with Crippen LogP contribution in [0.2, 0.25) is 0 Å². The lowest BCUT2D eigenvalue weighted by Crippen LogP contribution is -2.42. The van der Waals surface area contributed by atoms with E-state index in [4.69, 9.17) is 4.42 Å². The first-order chi connectivity index (χ1) is 11.3. The van der Waals surface area contributed by atoms with E-state index in [1.807, 2.05) is 18.6 Å². The number of carbonyl (C=O) groups is 1. The zero-order chi connectivity index (χ0) is 15.6. The molecular weight excluding hydrogens is 292 g/mol. The van der Waals surface area contributed by atoms with Crippen LogP contribution in [0.4, 0.5) is 0 Å². The van der Waals surface area contributed by atoms with Gasteiger partial charge in [0.05, 0.1) is 30.6 Å². The summed E-state index contributed by atoms with van der Waals surface area (Å²) < 4.78 is 7.36. The number of nitrogens with zero attached hydrogens (tertiary/aromatic N) is 3. The van der Waals surface area contributed by atoms with Crippen LogP contribution in [0.1, 0.15) is 36.6 Å². The number of rotatable bonds is 6. The predicted molar refractivity (Wildman–Crippen MR) is 84.4 cm³/mol. The summed E-state index contributed by atoms with van der Waals surface area (Å²) in [4.78, 5) is 18.6. The summed E-state index contributed by atoms with van der Waals surface area (Å²) in [7, 11) is 0. The fourth-order valence-electron chi connectivity index (χ4n) is 3.28. The van der Waals surface area contributed by atoms with Gasteiger partial charge in [0, 0.05) is 44.4 Å². The molecule has 1 N–H and O–H groups in total. The van der Waals surface area contributed by atoms with Gasteiger partial charge in [0.2, 0.25) is 5.91 Å². The second kappa shape index (κ2) is 6.20. The maximum Gasteiger partial charge on any atom is 0.220 e. The van der Waals surface area contributed by atoms with Crippen molar-refractivity contribution in [1.82, 2.24) is 19.8 Å². The number of fused-ring (bicyclic) bond motifs is 1. The first kappa shape index (κ1) is 14.5. The molecule has 4 rings (SSSR count). The quantitative estimate of drug-likeness (QED) is 0.885. The molecule has 1 amide bonds. The largest absolute Gasteiger partial charge is 0.472 e. The van der Waals surface area contributed by atoms with Gasteiger partial charge in [0.25, 0.3) is 0 Å². The van der Waals surface area contributed by atoms with Gasteiger partial charge in [-0.05, 0) is 24.8 Å². The third-order valence-corrected chi connectivity index (χ3v) is 4.69. The molecule has 23 heavy (non-hydrogen) atoms. The van der Waals surface area contributed by atoms with Crippen LogP contribution in [0.25, 0.3) is 0 Å². The van der Waals surface area contributed by atoms with E-state index in [0.29, 0.717) is 18.9 Å². The van der Waals surface area contributed by atoms with Crippen LogP contribution in [0, 0.1) is 5.92 Å². The van der Waals surface area contributed by atoms with E-state index in [1.165, 1.54) is 24.1 Å². The lowest BCUT2D eigenvalue weighted by Gasteiger charge is -2.34. The molecule has 3 heterocycles. The molecule has 1 atom stereocenters.